The lowest BCUT2D eigenvalue weighted by Gasteiger charge is -2.10. The Balaban J connectivity index is 2.10. The number of nitrogens with one attached hydrogen (secondary N) is 1. The van der Waals surface area contributed by atoms with Crippen LogP contribution in [0.2, 0.25) is 0 Å². The van der Waals surface area contributed by atoms with E-state index in [0.717, 1.165) is 19.5 Å². The van der Waals surface area contributed by atoms with E-state index >= 15 is 0 Å². The molecule has 2 rings (SSSR count). The highest BCUT2D eigenvalue weighted by atomic mass is 19.1. The van der Waals surface area contributed by atoms with Crippen LogP contribution < -0.4 is 5.32 Å². The zero-order valence-corrected chi connectivity index (χ0v) is 8.52. The van der Waals surface area contributed by atoms with Gasteiger partial charge in [-0.15, -0.1) is 0 Å². The molecule has 0 spiro atoms. The fourth-order valence-corrected chi connectivity index (χ4v) is 2.06. The van der Waals surface area contributed by atoms with Crippen molar-refractivity contribution < 1.29 is 4.39 Å². The molecule has 1 atom stereocenters. The van der Waals surface area contributed by atoms with Gasteiger partial charge in [-0.05, 0) is 62.0 Å². The summed E-state index contributed by atoms with van der Waals surface area (Å²) in [7, 11) is 0. The van der Waals surface area contributed by atoms with Gasteiger partial charge in [0.25, 0.3) is 0 Å². The largest absolute Gasteiger partial charge is 0.316 e. The summed E-state index contributed by atoms with van der Waals surface area (Å²) in [6.07, 6.45) is 2.23. The molecule has 1 heterocycles. The molecule has 1 fully saturated rings. The van der Waals surface area contributed by atoms with Crippen LogP contribution in [0.25, 0.3) is 0 Å². The van der Waals surface area contributed by atoms with Crippen LogP contribution in [-0.2, 0) is 6.42 Å². The van der Waals surface area contributed by atoms with E-state index in [-0.39, 0.29) is 5.82 Å². The first-order valence-corrected chi connectivity index (χ1v) is 5.21. The van der Waals surface area contributed by atoms with Gasteiger partial charge in [0.1, 0.15) is 5.82 Å². The van der Waals surface area contributed by atoms with Gasteiger partial charge in [0, 0.05) is 0 Å². The molecule has 0 radical (unpaired) electrons. The topological polar surface area (TPSA) is 12.0 Å². The molecule has 1 saturated heterocycles. The lowest BCUT2D eigenvalue weighted by atomic mass is 9.95. The van der Waals surface area contributed by atoms with Crippen molar-refractivity contribution in [2.24, 2.45) is 5.92 Å². The first-order valence-electron chi connectivity index (χ1n) is 5.21. The summed E-state index contributed by atoms with van der Waals surface area (Å²) in [4.78, 5) is 0. The minimum Gasteiger partial charge on any atom is -0.316 e. The fraction of sp³-hybridized carbons (Fsp3) is 0.500. The summed E-state index contributed by atoms with van der Waals surface area (Å²) in [6.45, 7) is 4.24. The van der Waals surface area contributed by atoms with E-state index in [0.29, 0.717) is 5.92 Å². The van der Waals surface area contributed by atoms with Crippen molar-refractivity contribution in [3.63, 3.8) is 0 Å². The lowest BCUT2D eigenvalue weighted by molar-refractivity contribution is 0.571. The highest BCUT2D eigenvalue weighted by Crippen LogP contribution is 2.18. The second-order valence-electron chi connectivity index (χ2n) is 4.13. The summed E-state index contributed by atoms with van der Waals surface area (Å²) in [5.41, 5.74) is 2.37. The lowest BCUT2D eigenvalue weighted by Crippen LogP contribution is -2.11. The molecule has 1 aliphatic rings. The molecule has 1 N–H and O–H groups in total. The SMILES string of the molecule is Cc1ccc(F)cc1CC1CCNC1. The number of rotatable bonds is 2. The van der Waals surface area contributed by atoms with E-state index in [4.69, 9.17) is 0 Å². The first kappa shape index (κ1) is 9.66. The number of benzene rings is 1. The maximum Gasteiger partial charge on any atom is 0.123 e. The number of aryl methyl sites for hydroxylation is 1. The smallest absolute Gasteiger partial charge is 0.123 e. The second-order valence-corrected chi connectivity index (χ2v) is 4.13. The Morgan fingerprint density at radius 1 is 1.50 bits per heavy atom. The van der Waals surface area contributed by atoms with Gasteiger partial charge in [0.05, 0.1) is 0 Å². The Hall–Kier alpha value is -0.890. The van der Waals surface area contributed by atoms with Crippen LogP contribution in [-0.4, -0.2) is 13.1 Å². The number of hydrogen-bond donors (Lipinski definition) is 1. The third kappa shape index (κ3) is 2.13. The third-order valence-corrected chi connectivity index (χ3v) is 2.98. The number of hydrogen-bond acceptors (Lipinski definition) is 1. The van der Waals surface area contributed by atoms with Crippen LogP contribution in [0.1, 0.15) is 17.5 Å². The maximum absolute atomic E-state index is 13.0. The van der Waals surface area contributed by atoms with Gasteiger partial charge >= 0.3 is 0 Å². The molecule has 1 aromatic carbocycles. The molecule has 1 nitrogen and oxygen atoms in total. The molecular formula is C12H16FN. The van der Waals surface area contributed by atoms with Crippen molar-refractivity contribution >= 4 is 0 Å². The normalized spacial score (nSPS) is 21.4. The van der Waals surface area contributed by atoms with Crippen molar-refractivity contribution in [2.75, 3.05) is 13.1 Å². The monoisotopic (exact) mass is 193 g/mol. The fourth-order valence-electron chi connectivity index (χ4n) is 2.06. The summed E-state index contributed by atoms with van der Waals surface area (Å²) < 4.78 is 13.0. The van der Waals surface area contributed by atoms with E-state index in [9.17, 15) is 4.39 Å². The van der Waals surface area contributed by atoms with E-state index < -0.39 is 0 Å². The second kappa shape index (κ2) is 4.09. The zero-order chi connectivity index (χ0) is 9.97. The Bertz CT molecular complexity index is 316. The predicted octanol–water partition coefficient (Wildman–Crippen LogP) is 2.29. The molecular weight excluding hydrogens is 177 g/mol. The molecule has 76 valence electrons. The van der Waals surface area contributed by atoms with Gasteiger partial charge in [0.15, 0.2) is 0 Å². The summed E-state index contributed by atoms with van der Waals surface area (Å²) >= 11 is 0. The average Bonchev–Trinajstić information content (AvgIpc) is 2.64. The summed E-state index contributed by atoms with van der Waals surface area (Å²) in [6, 6.07) is 5.08. The Morgan fingerprint density at radius 2 is 2.36 bits per heavy atom. The molecule has 1 aliphatic heterocycles. The minimum atomic E-state index is -0.114. The van der Waals surface area contributed by atoms with E-state index in [1.165, 1.54) is 23.6 Å². The zero-order valence-electron chi connectivity index (χ0n) is 8.52. The van der Waals surface area contributed by atoms with Crippen LogP contribution in [0.4, 0.5) is 4.39 Å². The Kier molecular flexibility index (Phi) is 2.82. The van der Waals surface area contributed by atoms with Crippen molar-refractivity contribution in [3.05, 3.63) is 35.1 Å². The molecule has 2 heteroatoms. The van der Waals surface area contributed by atoms with Gasteiger partial charge in [-0.3, -0.25) is 0 Å². The molecule has 0 amide bonds. The third-order valence-electron chi connectivity index (χ3n) is 2.98. The van der Waals surface area contributed by atoms with Gasteiger partial charge in [0.2, 0.25) is 0 Å². The van der Waals surface area contributed by atoms with Crippen LogP contribution >= 0.6 is 0 Å². The maximum atomic E-state index is 13.0. The van der Waals surface area contributed by atoms with Gasteiger partial charge in [-0.25, -0.2) is 4.39 Å². The van der Waals surface area contributed by atoms with Crippen molar-refractivity contribution in [1.29, 1.82) is 0 Å². The van der Waals surface area contributed by atoms with Gasteiger partial charge in [-0.2, -0.15) is 0 Å². The standard InChI is InChI=1S/C12H16FN/c1-9-2-3-12(13)7-11(9)6-10-4-5-14-8-10/h2-3,7,10,14H,4-6,8H2,1H3. The van der Waals surface area contributed by atoms with Crippen LogP contribution in [0.15, 0.2) is 18.2 Å². The Labute approximate surface area is 84.3 Å². The minimum absolute atomic E-state index is 0.114. The average molecular weight is 193 g/mol. The molecule has 1 aromatic rings. The van der Waals surface area contributed by atoms with Gasteiger partial charge in [-0.1, -0.05) is 6.07 Å². The molecule has 14 heavy (non-hydrogen) atoms. The molecule has 0 saturated carbocycles. The number of halogens is 1. The molecule has 0 aliphatic carbocycles. The first-order chi connectivity index (χ1) is 6.75. The molecule has 1 unspecified atom stereocenters. The van der Waals surface area contributed by atoms with Crippen LogP contribution in [0.3, 0.4) is 0 Å². The summed E-state index contributed by atoms with van der Waals surface area (Å²) in [5, 5.41) is 3.33. The van der Waals surface area contributed by atoms with Crippen LogP contribution in [0, 0.1) is 18.7 Å². The highest BCUT2D eigenvalue weighted by Gasteiger charge is 2.15. The summed E-state index contributed by atoms with van der Waals surface area (Å²) in [5.74, 6) is 0.576. The Morgan fingerprint density at radius 3 is 3.07 bits per heavy atom. The quantitative estimate of drug-likeness (QED) is 0.760. The molecule has 0 aromatic heterocycles. The van der Waals surface area contributed by atoms with Gasteiger partial charge < -0.3 is 5.32 Å². The van der Waals surface area contributed by atoms with E-state index in [2.05, 4.69) is 12.2 Å². The highest BCUT2D eigenvalue weighted by molar-refractivity contribution is 5.27. The van der Waals surface area contributed by atoms with Crippen molar-refractivity contribution in [1.82, 2.24) is 5.32 Å². The van der Waals surface area contributed by atoms with Crippen LogP contribution in [0.5, 0.6) is 0 Å². The molecule has 0 bridgehead atoms. The predicted molar refractivity (Wildman–Crippen MR) is 55.8 cm³/mol. The van der Waals surface area contributed by atoms with E-state index in [1.54, 1.807) is 6.07 Å². The van der Waals surface area contributed by atoms with E-state index in [1.807, 2.05) is 6.07 Å². The van der Waals surface area contributed by atoms with Crippen molar-refractivity contribution in [2.45, 2.75) is 19.8 Å². The van der Waals surface area contributed by atoms with Crippen molar-refractivity contribution in [3.8, 4) is 0 Å².